The van der Waals surface area contributed by atoms with E-state index >= 15 is 0 Å². The lowest BCUT2D eigenvalue weighted by Crippen LogP contribution is -2.59. The zero-order valence-corrected chi connectivity index (χ0v) is 19.6. The molecular weight excluding hydrogens is 448 g/mol. The van der Waals surface area contributed by atoms with Gasteiger partial charge >= 0.3 is 0 Å². The van der Waals surface area contributed by atoms with Gasteiger partial charge in [-0.25, -0.2) is 4.98 Å². The van der Waals surface area contributed by atoms with Gasteiger partial charge in [-0.15, -0.1) is 0 Å². The maximum Gasteiger partial charge on any atom is 0.298 e. The van der Waals surface area contributed by atoms with E-state index in [2.05, 4.69) is 16.7 Å². The van der Waals surface area contributed by atoms with Crippen molar-refractivity contribution in [1.29, 1.82) is 0 Å². The quantitative estimate of drug-likeness (QED) is 0.571. The molecule has 2 saturated heterocycles. The minimum Gasteiger partial charge on any atom is -0.457 e. The van der Waals surface area contributed by atoms with E-state index in [0.717, 1.165) is 36.0 Å². The fourth-order valence-corrected chi connectivity index (χ4v) is 5.53. The summed E-state index contributed by atoms with van der Waals surface area (Å²) in [4.78, 5) is 33.4. The van der Waals surface area contributed by atoms with Gasteiger partial charge in [0.15, 0.2) is 5.13 Å². The summed E-state index contributed by atoms with van der Waals surface area (Å²) in [5, 5.41) is 0.781. The fraction of sp³-hybridized carbons (Fsp3) is 0.269. The van der Waals surface area contributed by atoms with Gasteiger partial charge < -0.3 is 20.3 Å². The highest BCUT2D eigenvalue weighted by atomic mass is 32.1. The number of benzene rings is 2. The molecule has 3 heterocycles. The molecule has 3 aromatic rings. The number of amides is 2. The van der Waals surface area contributed by atoms with Crippen LogP contribution in [-0.2, 0) is 4.79 Å². The number of aromatic nitrogens is 1. The molecule has 0 unspecified atom stereocenters. The summed E-state index contributed by atoms with van der Waals surface area (Å²) in [6, 6.07) is 17.0. The smallest absolute Gasteiger partial charge is 0.298 e. The highest BCUT2D eigenvalue weighted by molar-refractivity contribution is 7.18. The van der Waals surface area contributed by atoms with E-state index in [1.165, 1.54) is 11.3 Å². The fourth-order valence-electron chi connectivity index (χ4n) is 4.56. The molecular formula is C26H24N4O3S. The number of carbonyl (C=O) groups excluding carboxylic acids is 2. The van der Waals surface area contributed by atoms with Gasteiger partial charge in [-0.3, -0.25) is 9.59 Å². The molecule has 1 aromatic heterocycles. The van der Waals surface area contributed by atoms with E-state index in [-0.39, 0.29) is 11.3 Å². The van der Waals surface area contributed by atoms with Crippen molar-refractivity contribution >= 4 is 28.3 Å². The molecule has 2 aliphatic heterocycles. The van der Waals surface area contributed by atoms with Gasteiger partial charge in [0.1, 0.15) is 16.4 Å². The predicted molar refractivity (Wildman–Crippen MR) is 132 cm³/mol. The summed E-state index contributed by atoms with van der Waals surface area (Å²) < 4.78 is 5.86. The summed E-state index contributed by atoms with van der Waals surface area (Å²) in [6.07, 6.45) is 0.975. The molecule has 2 fully saturated rings. The van der Waals surface area contributed by atoms with E-state index in [4.69, 9.17) is 15.5 Å². The lowest BCUT2D eigenvalue weighted by Gasteiger charge is -2.47. The van der Waals surface area contributed by atoms with Crippen molar-refractivity contribution in [3.8, 4) is 34.6 Å². The molecule has 2 aromatic carbocycles. The monoisotopic (exact) mass is 472 g/mol. The molecule has 172 valence electrons. The molecule has 0 radical (unpaired) electrons. The summed E-state index contributed by atoms with van der Waals surface area (Å²) in [5.41, 5.74) is 7.16. The molecule has 2 N–H and O–H groups in total. The van der Waals surface area contributed by atoms with Gasteiger partial charge in [-0.2, -0.15) is 0 Å². The third-order valence-electron chi connectivity index (χ3n) is 6.23. The summed E-state index contributed by atoms with van der Waals surface area (Å²) in [6.45, 7) is 4.72. The number of ether oxygens (including phenoxy) is 1. The number of likely N-dealkylation sites (tertiary alicyclic amines) is 1. The van der Waals surface area contributed by atoms with Gasteiger partial charge in [0.05, 0.1) is 5.69 Å². The molecule has 0 saturated carbocycles. The van der Waals surface area contributed by atoms with Crippen LogP contribution in [-0.4, -0.2) is 47.9 Å². The van der Waals surface area contributed by atoms with Crippen LogP contribution in [0.5, 0.6) is 11.5 Å². The molecule has 34 heavy (non-hydrogen) atoms. The maximum absolute atomic E-state index is 12.2. The summed E-state index contributed by atoms with van der Waals surface area (Å²) in [7, 11) is 0. The second kappa shape index (κ2) is 8.84. The SMILES string of the molecule is CC#CC(=O)N1CC2(CCN(c3nc(-c4ccc(Oc5ccccc5)cc4)c(C(N)=O)s3)C2)C1. The lowest BCUT2D eigenvalue weighted by molar-refractivity contribution is -0.135. The number of rotatable bonds is 5. The van der Waals surface area contributed by atoms with Gasteiger partial charge in [-0.05, 0) is 55.7 Å². The highest BCUT2D eigenvalue weighted by Gasteiger charge is 2.49. The van der Waals surface area contributed by atoms with Crippen LogP contribution < -0.4 is 15.4 Å². The third kappa shape index (κ3) is 4.22. The minimum atomic E-state index is -0.490. The number of para-hydroxylation sites is 1. The summed E-state index contributed by atoms with van der Waals surface area (Å²) >= 11 is 1.32. The maximum atomic E-state index is 12.2. The number of hydrogen-bond donors (Lipinski definition) is 1. The topological polar surface area (TPSA) is 88.8 Å². The van der Waals surface area contributed by atoms with Crippen LogP contribution in [0.1, 0.15) is 23.0 Å². The number of thiazole rings is 1. The van der Waals surface area contributed by atoms with Crippen LogP contribution in [0.3, 0.4) is 0 Å². The molecule has 5 rings (SSSR count). The first-order chi connectivity index (χ1) is 16.5. The van der Waals surface area contributed by atoms with Crippen molar-refractivity contribution in [2.24, 2.45) is 11.1 Å². The van der Waals surface area contributed by atoms with Crippen LogP contribution in [0, 0.1) is 17.3 Å². The van der Waals surface area contributed by atoms with Crippen molar-refractivity contribution in [3.63, 3.8) is 0 Å². The van der Waals surface area contributed by atoms with E-state index in [1.807, 2.05) is 54.6 Å². The zero-order chi connectivity index (χ0) is 23.7. The molecule has 0 bridgehead atoms. The molecule has 0 aliphatic carbocycles. The lowest BCUT2D eigenvalue weighted by atomic mass is 9.79. The summed E-state index contributed by atoms with van der Waals surface area (Å²) in [5.74, 6) is 6.13. The van der Waals surface area contributed by atoms with E-state index in [1.54, 1.807) is 11.8 Å². The Bertz CT molecular complexity index is 1290. The Morgan fingerprint density at radius 3 is 2.44 bits per heavy atom. The number of primary amides is 1. The van der Waals surface area contributed by atoms with Crippen LogP contribution in [0.25, 0.3) is 11.3 Å². The van der Waals surface area contributed by atoms with Crippen LogP contribution >= 0.6 is 11.3 Å². The highest BCUT2D eigenvalue weighted by Crippen LogP contribution is 2.43. The Balaban J connectivity index is 1.32. The Kier molecular flexibility index (Phi) is 5.72. The van der Waals surface area contributed by atoms with Crippen molar-refractivity contribution in [3.05, 3.63) is 59.5 Å². The molecule has 7 nitrogen and oxygen atoms in total. The third-order valence-corrected chi connectivity index (χ3v) is 7.36. The van der Waals surface area contributed by atoms with Gasteiger partial charge in [0.2, 0.25) is 0 Å². The van der Waals surface area contributed by atoms with Crippen molar-refractivity contribution < 1.29 is 14.3 Å². The number of hydrogen-bond acceptors (Lipinski definition) is 6. The zero-order valence-electron chi connectivity index (χ0n) is 18.8. The number of nitrogens with two attached hydrogens (primary N) is 1. The molecule has 2 aliphatic rings. The van der Waals surface area contributed by atoms with Crippen molar-refractivity contribution in [2.75, 3.05) is 31.1 Å². The number of carbonyl (C=O) groups is 2. The largest absolute Gasteiger partial charge is 0.457 e. The van der Waals surface area contributed by atoms with E-state index in [0.29, 0.717) is 29.4 Å². The molecule has 2 amide bonds. The second-order valence-electron chi connectivity index (χ2n) is 8.69. The van der Waals surface area contributed by atoms with E-state index in [9.17, 15) is 9.59 Å². The van der Waals surface area contributed by atoms with Crippen molar-refractivity contribution in [2.45, 2.75) is 13.3 Å². The molecule has 0 atom stereocenters. The first kappa shape index (κ1) is 22.0. The molecule has 1 spiro atoms. The van der Waals surface area contributed by atoms with Crippen LogP contribution in [0.15, 0.2) is 54.6 Å². The van der Waals surface area contributed by atoms with Gasteiger partial charge in [0, 0.05) is 37.2 Å². The van der Waals surface area contributed by atoms with Crippen molar-refractivity contribution in [1.82, 2.24) is 9.88 Å². The first-order valence-corrected chi connectivity index (χ1v) is 11.9. The minimum absolute atomic E-state index is 0.0697. The number of nitrogens with zero attached hydrogens (tertiary/aromatic N) is 3. The Hall–Kier alpha value is -3.83. The average molecular weight is 473 g/mol. The first-order valence-electron chi connectivity index (χ1n) is 11.1. The van der Waals surface area contributed by atoms with Gasteiger partial charge in [0.25, 0.3) is 11.8 Å². The Morgan fingerprint density at radius 1 is 1.06 bits per heavy atom. The van der Waals surface area contributed by atoms with Gasteiger partial charge in [-0.1, -0.05) is 35.5 Å². The van der Waals surface area contributed by atoms with Crippen LogP contribution in [0.4, 0.5) is 5.13 Å². The van der Waals surface area contributed by atoms with Crippen LogP contribution in [0.2, 0.25) is 0 Å². The average Bonchev–Trinajstić information content (AvgIpc) is 3.45. The standard InChI is InChI=1S/C26H24N4O3S/c1-2-6-21(31)30-16-26(17-30)13-14-29(15-26)25-28-22(23(34-25)24(27)32)18-9-11-20(12-10-18)33-19-7-4-3-5-8-19/h3-5,7-12H,13-17H2,1H3,(H2,27,32). The second-order valence-corrected chi connectivity index (χ2v) is 9.66. The Morgan fingerprint density at radius 2 is 1.76 bits per heavy atom. The Labute approximate surface area is 202 Å². The van der Waals surface area contributed by atoms with E-state index < -0.39 is 5.91 Å². The predicted octanol–water partition coefficient (Wildman–Crippen LogP) is 3.76. The molecule has 8 heteroatoms. The number of anilines is 1. The normalized spacial score (nSPS) is 16.0.